The van der Waals surface area contributed by atoms with Crippen LogP contribution in [0.4, 0.5) is 5.69 Å². The standard InChI is InChI=1S/C19H24N4O2/c24-18-12-21-10-16(18)11-22-19(25)14-23(17-6-2-1-3-7-17)13-15-5-4-8-20-9-15/h1-9,16,18,21,24H,10-14H2,(H,22,25). The van der Waals surface area contributed by atoms with Gasteiger partial charge in [0.1, 0.15) is 0 Å². The second kappa shape index (κ2) is 8.60. The number of nitrogens with one attached hydrogen (secondary N) is 2. The Morgan fingerprint density at radius 2 is 2.08 bits per heavy atom. The van der Waals surface area contributed by atoms with Crippen molar-refractivity contribution in [3.05, 3.63) is 60.4 Å². The number of hydrogen-bond donors (Lipinski definition) is 3. The van der Waals surface area contributed by atoms with E-state index in [0.29, 0.717) is 19.6 Å². The van der Waals surface area contributed by atoms with Gasteiger partial charge in [0.25, 0.3) is 0 Å². The number of nitrogens with zero attached hydrogens (tertiary/aromatic N) is 2. The van der Waals surface area contributed by atoms with E-state index in [-0.39, 0.29) is 24.5 Å². The summed E-state index contributed by atoms with van der Waals surface area (Å²) in [5.41, 5.74) is 2.04. The van der Waals surface area contributed by atoms with Crippen molar-refractivity contribution in [3.8, 4) is 0 Å². The molecule has 1 aromatic heterocycles. The van der Waals surface area contributed by atoms with E-state index < -0.39 is 0 Å². The first kappa shape index (κ1) is 17.4. The molecule has 2 aromatic rings. The fourth-order valence-electron chi connectivity index (χ4n) is 2.99. The van der Waals surface area contributed by atoms with Crippen molar-refractivity contribution in [2.75, 3.05) is 31.1 Å². The van der Waals surface area contributed by atoms with Gasteiger partial charge in [-0.05, 0) is 23.8 Å². The third-order valence-electron chi connectivity index (χ3n) is 4.42. The van der Waals surface area contributed by atoms with Crippen molar-refractivity contribution in [3.63, 3.8) is 0 Å². The number of carbonyl (C=O) groups excluding carboxylic acids is 1. The van der Waals surface area contributed by atoms with Gasteiger partial charge in [-0.2, -0.15) is 0 Å². The summed E-state index contributed by atoms with van der Waals surface area (Å²) in [6.07, 6.45) is 3.17. The quantitative estimate of drug-likeness (QED) is 0.694. The Morgan fingerprint density at radius 1 is 1.24 bits per heavy atom. The Morgan fingerprint density at radius 3 is 2.76 bits per heavy atom. The summed E-state index contributed by atoms with van der Waals surface area (Å²) in [4.78, 5) is 18.6. The second-order valence-corrected chi connectivity index (χ2v) is 6.34. The number of aliphatic hydroxyl groups excluding tert-OH is 1. The Kier molecular flexibility index (Phi) is 5.98. The zero-order valence-corrected chi connectivity index (χ0v) is 14.1. The molecule has 6 nitrogen and oxygen atoms in total. The smallest absolute Gasteiger partial charge is 0.239 e. The molecule has 1 saturated heterocycles. The lowest BCUT2D eigenvalue weighted by Gasteiger charge is -2.25. The first-order valence-electron chi connectivity index (χ1n) is 8.57. The van der Waals surface area contributed by atoms with E-state index >= 15 is 0 Å². The predicted molar refractivity (Wildman–Crippen MR) is 97.1 cm³/mol. The van der Waals surface area contributed by atoms with E-state index in [9.17, 15) is 9.90 Å². The summed E-state index contributed by atoms with van der Waals surface area (Å²) in [5.74, 6) is 0.0271. The van der Waals surface area contributed by atoms with Crippen LogP contribution in [0, 0.1) is 5.92 Å². The molecule has 25 heavy (non-hydrogen) atoms. The minimum Gasteiger partial charge on any atom is -0.391 e. The Bertz CT molecular complexity index is 666. The van der Waals surface area contributed by atoms with Crippen molar-refractivity contribution >= 4 is 11.6 Å². The minimum absolute atomic E-state index is 0.0492. The van der Waals surface area contributed by atoms with Gasteiger partial charge in [0.15, 0.2) is 0 Å². The lowest BCUT2D eigenvalue weighted by atomic mass is 10.1. The molecule has 1 amide bonds. The van der Waals surface area contributed by atoms with Gasteiger partial charge < -0.3 is 20.6 Å². The van der Waals surface area contributed by atoms with Gasteiger partial charge >= 0.3 is 0 Å². The number of carbonyl (C=O) groups is 1. The first-order valence-corrected chi connectivity index (χ1v) is 8.57. The third-order valence-corrected chi connectivity index (χ3v) is 4.42. The molecule has 2 heterocycles. The van der Waals surface area contributed by atoms with E-state index in [0.717, 1.165) is 17.8 Å². The zero-order valence-electron chi connectivity index (χ0n) is 14.1. The fourth-order valence-corrected chi connectivity index (χ4v) is 2.99. The monoisotopic (exact) mass is 340 g/mol. The summed E-state index contributed by atoms with van der Waals surface area (Å²) in [6.45, 7) is 2.69. The van der Waals surface area contributed by atoms with Crippen molar-refractivity contribution in [2.24, 2.45) is 5.92 Å². The van der Waals surface area contributed by atoms with E-state index in [1.165, 1.54) is 0 Å². The van der Waals surface area contributed by atoms with Gasteiger partial charge in [-0.15, -0.1) is 0 Å². The summed E-state index contributed by atoms with van der Waals surface area (Å²) in [6, 6.07) is 13.8. The number of pyridine rings is 1. The largest absolute Gasteiger partial charge is 0.391 e. The second-order valence-electron chi connectivity index (χ2n) is 6.34. The first-order chi connectivity index (χ1) is 12.2. The molecule has 3 N–H and O–H groups in total. The molecule has 0 aliphatic carbocycles. The minimum atomic E-state index is -0.388. The number of hydrogen-bond acceptors (Lipinski definition) is 5. The van der Waals surface area contributed by atoms with Gasteiger partial charge in [-0.25, -0.2) is 0 Å². The molecular formula is C19H24N4O2. The summed E-state index contributed by atoms with van der Waals surface area (Å²) < 4.78 is 0. The molecule has 132 valence electrons. The Hall–Kier alpha value is -2.44. The van der Waals surface area contributed by atoms with Crippen LogP contribution in [0.25, 0.3) is 0 Å². The highest BCUT2D eigenvalue weighted by atomic mass is 16.3. The zero-order chi connectivity index (χ0) is 17.5. The summed E-state index contributed by atoms with van der Waals surface area (Å²) in [5, 5.41) is 15.9. The van der Waals surface area contributed by atoms with Crippen LogP contribution < -0.4 is 15.5 Å². The highest BCUT2D eigenvalue weighted by Gasteiger charge is 2.25. The summed E-state index contributed by atoms with van der Waals surface area (Å²) in [7, 11) is 0. The number of rotatable bonds is 7. The predicted octanol–water partition coefficient (Wildman–Crippen LogP) is 0.785. The van der Waals surface area contributed by atoms with Crippen LogP contribution in [0.15, 0.2) is 54.9 Å². The average molecular weight is 340 g/mol. The lowest BCUT2D eigenvalue weighted by molar-refractivity contribution is -0.120. The van der Waals surface area contributed by atoms with Gasteiger partial charge in [0.2, 0.25) is 5.91 Å². The average Bonchev–Trinajstić information content (AvgIpc) is 3.06. The van der Waals surface area contributed by atoms with Crippen LogP contribution in [0.3, 0.4) is 0 Å². The maximum Gasteiger partial charge on any atom is 0.239 e. The van der Waals surface area contributed by atoms with Crippen LogP contribution in [0.1, 0.15) is 5.56 Å². The molecule has 0 spiro atoms. The molecule has 1 aliphatic rings. The number of aromatic nitrogens is 1. The van der Waals surface area contributed by atoms with E-state index in [4.69, 9.17) is 0 Å². The van der Waals surface area contributed by atoms with Crippen molar-refractivity contribution in [1.82, 2.24) is 15.6 Å². The van der Waals surface area contributed by atoms with Crippen LogP contribution in [-0.4, -0.2) is 48.3 Å². The molecule has 1 aromatic carbocycles. The lowest BCUT2D eigenvalue weighted by Crippen LogP contribution is -2.40. The molecule has 1 aliphatic heterocycles. The van der Waals surface area contributed by atoms with Crippen LogP contribution >= 0.6 is 0 Å². The molecule has 6 heteroatoms. The van der Waals surface area contributed by atoms with E-state index in [1.54, 1.807) is 6.20 Å². The number of benzene rings is 1. The molecule has 0 saturated carbocycles. The highest BCUT2D eigenvalue weighted by Crippen LogP contribution is 2.16. The number of anilines is 1. The number of para-hydroxylation sites is 1. The number of β-amino-alcohol motifs (C(OH)–C–C–N with tert-alkyl or cyclic N) is 1. The topological polar surface area (TPSA) is 77.5 Å². The molecule has 2 atom stereocenters. The van der Waals surface area contributed by atoms with Gasteiger partial charge in [-0.1, -0.05) is 24.3 Å². The molecule has 2 unspecified atom stereocenters. The van der Waals surface area contributed by atoms with Crippen LogP contribution in [0.5, 0.6) is 0 Å². The SMILES string of the molecule is O=C(CN(Cc1cccnc1)c1ccccc1)NCC1CNCC1O. The van der Waals surface area contributed by atoms with Crippen LogP contribution in [-0.2, 0) is 11.3 Å². The van der Waals surface area contributed by atoms with Gasteiger partial charge in [0, 0.05) is 50.2 Å². The molecule has 0 bridgehead atoms. The number of amides is 1. The van der Waals surface area contributed by atoms with E-state index in [2.05, 4.69) is 15.6 Å². The molecular weight excluding hydrogens is 316 g/mol. The van der Waals surface area contributed by atoms with Gasteiger partial charge in [-0.3, -0.25) is 9.78 Å². The van der Waals surface area contributed by atoms with Gasteiger partial charge in [0.05, 0.1) is 12.6 Å². The highest BCUT2D eigenvalue weighted by molar-refractivity contribution is 5.81. The maximum atomic E-state index is 12.4. The Balaban J connectivity index is 1.61. The number of aliphatic hydroxyl groups is 1. The maximum absolute atomic E-state index is 12.4. The normalized spacial score (nSPS) is 19.6. The van der Waals surface area contributed by atoms with Crippen molar-refractivity contribution in [2.45, 2.75) is 12.6 Å². The summed E-state index contributed by atoms with van der Waals surface area (Å²) >= 11 is 0. The van der Waals surface area contributed by atoms with Crippen LogP contribution in [0.2, 0.25) is 0 Å². The molecule has 0 radical (unpaired) electrons. The fraction of sp³-hybridized carbons (Fsp3) is 0.368. The van der Waals surface area contributed by atoms with Crippen molar-refractivity contribution in [1.29, 1.82) is 0 Å². The Labute approximate surface area is 147 Å². The van der Waals surface area contributed by atoms with Crippen molar-refractivity contribution < 1.29 is 9.90 Å². The third kappa shape index (κ3) is 5.01. The molecule has 1 fully saturated rings. The van der Waals surface area contributed by atoms with E-state index in [1.807, 2.05) is 53.6 Å². The molecule has 3 rings (SSSR count).